The monoisotopic (exact) mass is 548 g/mol. The van der Waals surface area contributed by atoms with Crippen LogP contribution in [0.1, 0.15) is 51.0 Å². The SMILES string of the molecule is CCCCCCCCOCCOCCOCCOCCOCCOCCOS(=O)(=O)c1ccc(C)cc1. The van der Waals surface area contributed by atoms with E-state index in [1.807, 2.05) is 6.92 Å². The number of hydrogen-bond acceptors (Lipinski definition) is 9. The Labute approximate surface area is 224 Å². The van der Waals surface area contributed by atoms with E-state index in [-0.39, 0.29) is 18.1 Å². The molecule has 0 heterocycles. The summed E-state index contributed by atoms with van der Waals surface area (Å²) < 4.78 is 61.7. The van der Waals surface area contributed by atoms with E-state index in [1.54, 1.807) is 12.1 Å². The number of benzene rings is 1. The molecule has 1 rings (SSSR count). The molecule has 0 aliphatic rings. The molecule has 0 aliphatic heterocycles. The molecular weight excluding hydrogens is 500 g/mol. The van der Waals surface area contributed by atoms with Crippen molar-refractivity contribution >= 4 is 10.1 Å². The molecule has 0 saturated heterocycles. The molecular formula is C27H48O9S. The van der Waals surface area contributed by atoms with Gasteiger partial charge in [0.2, 0.25) is 0 Å². The van der Waals surface area contributed by atoms with Gasteiger partial charge in [-0.05, 0) is 25.5 Å². The van der Waals surface area contributed by atoms with Gasteiger partial charge in [0.15, 0.2) is 0 Å². The largest absolute Gasteiger partial charge is 0.379 e. The first-order valence-corrected chi connectivity index (χ1v) is 14.9. The lowest BCUT2D eigenvalue weighted by molar-refractivity contribution is -0.0178. The predicted molar refractivity (Wildman–Crippen MR) is 143 cm³/mol. The number of unbranched alkanes of at least 4 members (excludes halogenated alkanes) is 5. The third kappa shape index (κ3) is 20.5. The normalized spacial score (nSPS) is 11.8. The molecule has 0 radical (unpaired) electrons. The fraction of sp³-hybridized carbons (Fsp3) is 0.778. The molecule has 0 aromatic heterocycles. The van der Waals surface area contributed by atoms with Gasteiger partial charge in [0.05, 0.1) is 84.2 Å². The molecule has 216 valence electrons. The molecule has 0 bridgehead atoms. The van der Waals surface area contributed by atoms with Gasteiger partial charge in [0.1, 0.15) is 0 Å². The summed E-state index contributed by atoms with van der Waals surface area (Å²) in [7, 11) is -3.76. The first-order chi connectivity index (χ1) is 18.1. The average Bonchev–Trinajstić information content (AvgIpc) is 2.89. The molecule has 0 fully saturated rings. The summed E-state index contributed by atoms with van der Waals surface area (Å²) in [6.07, 6.45) is 7.63. The Kier molecular flexibility index (Phi) is 22.0. The second-order valence-electron chi connectivity index (χ2n) is 8.53. The zero-order valence-corrected chi connectivity index (χ0v) is 23.6. The van der Waals surface area contributed by atoms with E-state index in [0.29, 0.717) is 66.1 Å². The summed E-state index contributed by atoms with van der Waals surface area (Å²) >= 11 is 0. The van der Waals surface area contributed by atoms with Crippen molar-refractivity contribution in [3.05, 3.63) is 29.8 Å². The molecule has 0 unspecified atom stereocenters. The Hall–Kier alpha value is -1.11. The summed E-state index contributed by atoms with van der Waals surface area (Å²) in [4.78, 5) is 0.139. The minimum absolute atomic E-state index is 0.0443. The lowest BCUT2D eigenvalue weighted by Crippen LogP contribution is -2.15. The van der Waals surface area contributed by atoms with E-state index in [0.717, 1.165) is 18.6 Å². The van der Waals surface area contributed by atoms with Gasteiger partial charge in [-0.15, -0.1) is 0 Å². The zero-order valence-electron chi connectivity index (χ0n) is 22.8. The van der Waals surface area contributed by atoms with Crippen molar-refractivity contribution in [2.45, 2.75) is 57.3 Å². The van der Waals surface area contributed by atoms with Crippen LogP contribution in [0.15, 0.2) is 29.2 Å². The van der Waals surface area contributed by atoms with Crippen LogP contribution in [0, 0.1) is 6.92 Å². The number of hydrogen-bond donors (Lipinski definition) is 0. The van der Waals surface area contributed by atoms with Crippen LogP contribution in [0.5, 0.6) is 0 Å². The lowest BCUT2D eigenvalue weighted by Gasteiger charge is -2.09. The highest BCUT2D eigenvalue weighted by molar-refractivity contribution is 7.86. The minimum Gasteiger partial charge on any atom is -0.379 e. The third-order valence-corrected chi connectivity index (χ3v) is 6.60. The van der Waals surface area contributed by atoms with E-state index < -0.39 is 10.1 Å². The first-order valence-electron chi connectivity index (χ1n) is 13.5. The standard InChI is InChI=1S/C27H48O9S/c1-3-4-5-6-7-8-13-30-14-15-31-16-17-32-18-19-33-20-21-34-22-23-35-24-25-36-37(28,29)27-11-9-26(2)10-12-27/h9-12H,3-8,13-25H2,1-2H3. The van der Waals surface area contributed by atoms with Gasteiger partial charge >= 0.3 is 0 Å². The van der Waals surface area contributed by atoms with Gasteiger partial charge in [-0.25, -0.2) is 0 Å². The van der Waals surface area contributed by atoms with Crippen molar-refractivity contribution < 1.29 is 41.0 Å². The molecule has 1 aromatic rings. The van der Waals surface area contributed by atoms with Gasteiger partial charge in [0, 0.05) is 6.61 Å². The van der Waals surface area contributed by atoms with Crippen LogP contribution in [-0.2, 0) is 42.7 Å². The van der Waals surface area contributed by atoms with Gasteiger partial charge in [-0.3, -0.25) is 4.18 Å². The predicted octanol–water partition coefficient (Wildman–Crippen LogP) is 4.16. The highest BCUT2D eigenvalue weighted by Crippen LogP contribution is 2.12. The van der Waals surface area contributed by atoms with E-state index in [1.165, 1.54) is 44.2 Å². The fourth-order valence-electron chi connectivity index (χ4n) is 3.16. The van der Waals surface area contributed by atoms with Crippen molar-refractivity contribution in [1.29, 1.82) is 0 Å². The summed E-state index contributed by atoms with van der Waals surface area (Å²) in [5, 5.41) is 0. The average molecular weight is 549 g/mol. The molecule has 0 atom stereocenters. The Bertz CT molecular complexity index is 726. The van der Waals surface area contributed by atoms with E-state index >= 15 is 0 Å². The molecule has 10 heteroatoms. The molecule has 0 saturated carbocycles. The van der Waals surface area contributed by atoms with Crippen LogP contribution in [0.4, 0.5) is 0 Å². The molecule has 37 heavy (non-hydrogen) atoms. The quantitative estimate of drug-likeness (QED) is 0.119. The summed E-state index contributed by atoms with van der Waals surface area (Å²) in [6, 6.07) is 6.51. The van der Waals surface area contributed by atoms with Gasteiger partial charge < -0.3 is 28.4 Å². The molecule has 1 aromatic carbocycles. The molecule has 0 aliphatic carbocycles. The van der Waals surface area contributed by atoms with Crippen LogP contribution in [0.3, 0.4) is 0 Å². The maximum absolute atomic E-state index is 12.0. The lowest BCUT2D eigenvalue weighted by atomic mass is 10.1. The summed E-state index contributed by atoms with van der Waals surface area (Å²) in [5.41, 5.74) is 0.984. The van der Waals surface area contributed by atoms with E-state index in [9.17, 15) is 8.42 Å². The summed E-state index contributed by atoms with van der Waals surface area (Å²) in [6.45, 7) is 10.0. The highest BCUT2D eigenvalue weighted by Gasteiger charge is 2.14. The Morgan fingerprint density at radius 2 is 0.892 bits per heavy atom. The maximum atomic E-state index is 12.0. The Balaban J connectivity index is 1.74. The second kappa shape index (κ2) is 24.0. The van der Waals surface area contributed by atoms with E-state index in [2.05, 4.69) is 6.92 Å². The Morgan fingerprint density at radius 1 is 0.514 bits per heavy atom. The van der Waals surface area contributed by atoms with Crippen molar-refractivity contribution in [3.63, 3.8) is 0 Å². The van der Waals surface area contributed by atoms with Crippen molar-refractivity contribution in [3.8, 4) is 0 Å². The highest BCUT2D eigenvalue weighted by atomic mass is 32.2. The number of aryl methyl sites for hydroxylation is 1. The van der Waals surface area contributed by atoms with Gasteiger partial charge in [-0.2, -0.15) is 8.42 Å². The fourth-order valence-corrected chi connectivity index (χ4v) is 4.05. The second-order valence-corrected chi connectivity index (χ2v) is 10.1. The van der Waals surface area contributed by atoms with Crippen LogP contribution in [-0.4, -0.2) is 94.3 Å². The summed E-state index contributed by atoms with van der Waals surface area (Å²) in [5.74, 6) is 0. The van der Waals surface area contributed by atoms with Crippen LogP contribution in [0.25, 0.3) is 0 Å². The van der Waals surface area contributed by atoms with Crippen LogP contribution < -0.4 is 0 Å². The van der Waals surface area contributed by atoms with Crippen LogP contribution in [0.2, 0.25) is 0 Å². The van der Waals surface area contributed by atoms with Crippen LogP contribution >= 0.6 is 0 Å². The molecule has 9 nitrogen and oxygen atoms in total. The minimum atomic E-state index is -3.76. The first kappa shape index (κ1) is 33.9. The molecule has 0 amide bonds. The van der Waals surface area contributed by atoms with E-state index in [4.69, 9.17) is 32.6 Å². The number of ether oxygens (including phenoxy) is 6. The maximum Gasteiger partial charge on any atom is 0.297 e. The van der Waals surface area contributed by atoms with Crippen molar-refractivity contribution in [2.75, 3.05) is 85.9 Å². The molecule has 0 N–H and O–H groups in total. The van der Waals surface area contributed by atoms with Crippen molar-refractivity contribution in [1.82, 2.24) is 0 Å². The zero-order chi connectivity index (χ0) is 26.9. The van der Waals surface area contributed by atoms with Crippen molar-refractivity contribution in [2.24, 2.45) is 0 Å². The van der Waals surface area contributed by atoms with Gasteiger partial charge in [-0.1, -0.05) is 56.7 Å². The molecule has 0 spiro atoms. The van der Waals surface area contributed by atoms with Gasteiger partial charge in [0.25, 0.3) is 10.1 Å². The Morgan fingerprint density at radius 3 is 1.35 bits per heavy atom. The third-order valence-electron chi connectivity index (χ3n) is 5.28. The smallest absolute Gasteiger partial charge is 0.297 e. The topological polar surface area (TPSA) is 98.8 Å². The number of rotatable bonds is 27.